The molecule has 0 aliphatic heterocycles. The first-order chi connectivity index (χ1) is 11.5. The monoisotopic (exact) mass is 330 g/mol. The summed E-state index contributed by atoms with van der Waals surface area (Å²) in [7, 11) is 1.56. The third-order valence-electron chi connectivity index (χ3n) is 3.47. The van der Waals surface area contributed by atoms with Gasteiger partial charge in [-0.15, -0.1) is 0 Å². The third kappa shape index (κ3) is 4.81. The second-order valence-corrected chi connectivity index (χ2v) is 5.24. The lowest BCUT2D eigenvalue weighted by molar-refractivity contribution is -0.133. The van der Waals surface area contributed by atoms with Gasteiger partial charge in [-0.2, -0.15) is 0 Å². The van der Waals surface area contributed by atoms with E-state index in [1.807, 2.05) is 0 Å². The van der Waals surface area contributed by atoms with E-state index in [-0.39, 0.29) is 24.9 Å². The molecule has 0 atom stereocenters. The second-order valence-electron chi connectivity index (χ2n) is 5.24. The van der Waals surface area contributed by atoms with Crippen LogP contribution in [-0.4, -0.2) is 30.4 Å². The van der Waals surface area contributed by atoms with Gasteiger partial charge in [0.25, 0.3) is 0 Å². The molecule has 5 nitrogen and oxygen atoms in total. The van der Waals surface area contributed by atoms with Crippen molar-refractivity contribution in [2.75, 3.05) is 19.0 Å². The van der Waals surface area contributed by atoms with Crippen LogP contribution in [0.25, 0.3) is 0 Å². The molecule has 1 N–H and O–H groups in total. The first-order valence-corrected chi connectivity index (χ1v) is 7.42. The minimum absolute atomic E-state index is 0.0397. The number of rotatable bonds is 6. The van der Waals surface area contributed by atoms with Gasteiger partial charge in [-0.3, -0.25) is 9.59 Å². The summed E-state index contributed by atoms with van der Waals surface area (Å²) in [6.45, 7) is 1.23. The molecule has 0 unspecified atom stereocenters. The molecule has 0 heterocycles. The van der Waals surface area contributed by atoms with Crippen molar-refractivity contribution in [3.63, 3.8) is 0 Å². The van der Waals surface area contributed by atoms with Crippen molar-refractivity contribution < 1.29 is 18.7 Å². The Hall–Kier alpha value is -2.89. The highest BCUT2D eigenvalue weighted by Gasteiger charge is 2.16. The van der Waals surface area contributed by atoms with Gasteiger partial charge in [-0.1, -0.05) is 18.2 Å². The van der Waals surface area contributed by atoms with Gasteiger partial charge in [0.05, 0.1) is 7.11 Å². The zero-order valence-electron chi connectivity index (χ0n) is 13.6. The fraction of sp³-hybridized carbons (Fsp3) is 0.222. The highest BCUT2D eigenvalue weighted by Crippen LogP contribution is 2.15. The lowest BCUT2D eigenvalue weighted by Crippen LogP contribution is -2.36. The summed E-state index contributed by atoms with van der Waals surface area (Å²) in [6.07, 6.45) is 0. The van der Waals surface area contributed by atoms with Crippen molar-refractivity contribution in [1.29, 1.82) is 0 Å². The zero-order chi connectivity index (χ0) is 17.5. The summed E-state index contributed by atoms with van der Waals surface area (Å²) >= 11 is 0. The fourth-order valence-corrected chi connectivity index (χ4v) is 2.16. The molecule has 0 spiro atoms. The van der Waals surface area contributed by atoms with E-state index in [0.717, 1.165) is 0 Å². The number of methoxy groups -OCH3 is 1. The summed E-state index contributed by atoms with van der Waals surface area (Å²) in [6, 6.07) is 13.0. The summed E-state index contributed by atoms with van der Waals surface area (Å²) in [5.41, 5.74) is 0.958. The lowest BCUT2D eigenvalue weighted by Gasteiger charge is -2.21. The van der Waals surface area contributed by atoms with E-state index >= 15 is 0 Å². The molecule has 0 aliphatic carbocycles. The number of carbonyl (C=O) groups excluding carboxylic acids is 2. The molecule has 126 valence electrons. The van der Waals surface area contributed by atoms with Crippen LogP contribution < -0.4 is 10.1 Å². The molecule has 2 rings (SSSR count). The summed E-state index contributed by atoms with van der Waals surface area (Å²) in [5, 5.41) is 2.70. The Morgan fingerprint density at radius 3 is 2.38 bits per heavy atom. The maximum Gasteiger partial charge on any atom is 0.244 e. The van der Waals surface area contributed by atoms with Crippen molar-refractivity contribution in [1.82, 2.24) is 4.90 Å². The second kappa shape index (κ2) is 8.10. The fourth-order valence-electron chi connectivity index (χ4n) is 2.16. The number of amides is 2. The molecule has 2 aromatic carbocycles. The van der Waals surface area contributed by atoms with E-state index in [9.17, 15) is 14.0 Å². The number of benzene rings is 2. The van der Waals surface area contributed by atoms with Crippen LogP contribution in [0.5, 0.6) is 5.75 Å². The minimum atomic E-state index is -0.403. The zero-order valence-corrected chi connectivity index (χ0v) is 13.6. The Kier molecular flexibility index (Phi) is 5.89. The number of nitrogens with one attached hydrogen (secondary N) is 1. The van der Waals surface area contributed by atoms with Gasteiger partial charge in [0, 0.05) is 24.7 Å². The number of halogens is 1. The molecular formula is C18H19FN2O3. The average Bonchev–Trinajstić information content (AvgIpc) is 2.56. The molecule has 6 heteroatoms. The molecule has 2 aromatic rings. The van der Waals surface area contributed by atoms with Gasteiger partial charge in [0.2, 0.25) is 11.8 Å². The van der Waals surface area contributed by atoms with Crippen molar-refractivity contribution in [3.8, 4) is 5.75 Å². The Morgan fingerprint density at radius 2 is 1.79 bits per heavy atom. The lowest BCUT2D eigenvalue weighted by atomic mass is 10.2. The Bertz CT molecular complexity index is 716. The van der Waals surface area contributed by atoms with Gasteiger partial charge in [0.15, 0.2) is 0 Å². The van der Waals surface area contributed by atoms with E-state index in [4.69, 9.17) is 4.74 Å². The Balaban J connectivity index is 2.00. The number of nitrogens with zero attached hydrogens (tertiary/aromatic N) is 1. The average molecular weight is 330 g/mol. The molecule has 0 bridgehead atoms. The SMILES string of the molecule is COc1ccc(NC(=O)CN(Cc2ccccc2F)C(C)=O)cc1. The maximum atomic E-state index is 13.7. The van der Waals surface area contributed by atoms with Crippen molar-refractivity contribution in [2.24, 2.45) is 0 Å². The number of hydrogen-bond donors (Lipinski definition) is 1. The van der Waals surface area contributed by atoms with E-state index in [0.29, 0.717) is 17.0 Å². The van der Waals surface area contributed by atoms with Gasteiger partial charge in [-0.25, -0.2) is 4.39 Å². The summed E-state index contributed by atoms with van der Waals surface area (Å²) < 4.78 is 18.8. The molecule has 0 aliphatic rings. The van der Waals surface area contributed by atoms with Crippen molar-refractivity contribution >= 4 is 17.5 Å². The number of carbonyl (C=O) groups is 2. The molecule has 0 fully saturated rings. The first-order valence-electron chi connectivity index (χ1n) is 7.42. The van der Waals surface area contributed by atoms with Crippen LogP contribution in [0.15, 0.2) is 48.5 Å². The van der Waals surface area contributed by atoms with Crippen LogP contribution in [0.3, 0.4) is 0 Å². The molecular weight excluding hydrogens is 311 g/mol. The Labute approximate surface area is 140 Å². The number of anilines is 1. The van der Waals surface area contributed by atoms with Crippen LogP contribution in [0.4, 0.5) is 10.1 Å². The van der Waals surface area contributed by atoms with Gasteiger partial charge in [0.1, 0.15) is 18.1 Å². The van der Waals surface area contributed by atoms with Gasteiger partial charge < -0.3 is 15.0 Å². The molecule has 24 heavy (non-hydrogen) atoms. The minimum Gasteiger partial charge on any atom is -0.497 e. The highest BCUT2D eigenvalue weighted by molar-refractivity contribution is 5.94. The first kappa shape index (κ1) is 17.5. The summed E-state index contributed by atoms with van der Waals surface area (Å²) in [4.78, 5) is 25.2. The molecule has 0 saturated carbocycles. The van der Waals surface area contributed by atoms with Crippen LogP contribution >= 0.6 is 0 Å². The molecule has 0 saturated heterocycles. The predicted molar refractivity (Wildman–Crippen MR) is 89.1 cm³/mol. The van der Waals surface area contributed by atoms with E-state index in [1.165, 1.54) is 17.9 Å². The standard InChI is InChI=1S/C18H19FN2O3/c1-13(22)21(11-14-5-3-4-6-17(14)19)12-18(23)20-15-7-9-16(24-2)10-8-15/h3-10H,11-12H2,1-2H3,(H,20,23). The van der Waals surface area contributed by atoms with E-state index in [1.54, 1.807) is 49.6 Å². The van der Waals surface area contributed by atoms with Crippen LogP contribution in [0.1, 0.15) is 12.5 Å². The Morgan fingerprint density at radius 1 is 1.12 bits per heavy atom. The largest absolute Gasteiger partial charge is 0.497 e. The van der Waals surface area contributed by atoms with Gasteiger partial charge in [-0.05, 0) is 30.3 Å². The quantitative estimate of drug-likeness (QED) is 0.886. The van der Waals surface area contributed by atoms with Crippen molar-refractivity contribution in [2.45, 2.75) is 13.5 Å². The topological polar surface area (TPSA) is 58.6 Å². The number of hydrogen-bond acceptors (Lipinski definition) is 3. The van der Waals surface area contributed by atoms with Crippen LogP contribution in [0.2, 0.25) is 0 Å². The van der Waals surface area contributed by atoms with Gasteiger partial charge >= 0.3 is 0 Å². The van der Waals surface area contributed by atoms with Crippen molar-refractivity contribution in [3.05, 3.63) is 59.9 Å². The third-order valence-corrected chi connectivity index (χ3v) is 3.47. The van der Waals surface area contributed by atoms with Crippen LogP contribution in [0, 0.1) is 5.82 Å². The molecule has 0 radical (unpaired) electrons. The van der Waals surface area contributed by atoms with E-state index < -0.39 is 5.82 Å². The molecule has 2 amide bonds. The maximum absolute atomic E-state index is 13.7. The predicted octanol–water partition coefficient (Wildman–Crippen LogP) is 2.82. The number of ether oxygens (including phenoxy) is 1. The normalized spacial score (nSPS) is 10.1. The smallest absolute Gasteiger partial charge is 0.244 e. The van der Waals surface area contributed by atoms with E-state index in [2.05, 4.69) is 5.32 Å². The molecule has 0 aromatic heterocycles. The highest BCUT2D eigenvalue weighted by atomic mass is 19.1. The van der Waals surface area contributed by atoms with Crippen LogP contribution in [-0.2, 0) is 16.1 Å². The summed E-state index contributed by atoms with van der Waals surface area (Å²) in [5.74, 6) is -0.382.